The van der Waals surface area contributed by atoms with E-state index in [1.165, 1.54) is 0 Å². The minimum atomic E-state index is -4.55. The van der Waals surface area contributed by atoms with Crippen LogP contribution in [0.1, 0.15) is 47.9 Å². The molecule has 3 aromatic heterocycles. The molecular formula is C30H31F3N4O3S. The van der Waals surface area contributed by atoms with Gasteiger partial charge in [0.15, 0.2) is 5.69 Å². The van der Waals surface area contributed by atoms with E-state index in [0.717, 1.165) is 49.1 Å². The van der Waals surface area contributed by atoms with Crippen molar-refractivity contribution in [2.24, 2.45) is 5.92 Å². The minimum Gasteiger partial charge on any atom is -0.462 e. The second-order valence-electron chi connectivity index (χ2n) is 10.5. The van der Waals surface area contributed by atoms with Gasteiger partial charge in [0.2, 0.25) is 5.43 Å². The molecule has 11 heteroatoms. The van der Waals surface area contributed by atoms with Crippen molar-refractivity contribution < 1.29 is 22.7 Å². The van der Waals surface area contributed by atoms with E-state index >= 15 is 0 Å². The summed E-state index contributed by atoms with van der Waals surface area (Å²) in [6, 6.07) is 7.02. The monoisotopic (exact) mass is 584 g/mol. The van der Waals surface area contributed by atoms with Crippen LogP contribution in [0.2, 0.25) is 0 Å². The molecule has 1 saturated heterocycles. The van der Waals surface area contributed by atoms with Crippen molar-refractivity contribution in [2.75, 3.05) is 26.7 Å². The first-order chi connectivity index (χ1) is 19.5. The Kier molecular flexibility index (Phi) is 8.28. The summed E-state index contributed by atoms with van der Waals surface area (Å²) in [7, 11) is 2.12. The summed E-state index contributed by atoms with van der Waals surface area (Å²) in [5, 5.41) is 1.52. The Hall–Kier alpha value is -3.57. The van der Waals surface area contributed by atoms with E-state index in [9.17, 15) is 22.8 Å². The molecule has 0 bridgehead atoms. The van der Waals surface area contributed by atoms with Crippen molar-refractivity contribution in [1.29, 1.82) is 0 Å². The number of hydrogen-bond acceptors (Lipinski definition) is 7. The van der Waals surface area contributed by atoms with E-state index < -0.39 is 23.3 Å². The van der Waals surface area contributed by atoms with Gasteiger partial charge >= 0.3 is 12.1 Å². The van der Waals surface area contributed by atoms with Gasteiger partial charge in [0.25, 0.3) is 0 Å². The third-order valence-electron chi connectivity index (χ3n) is 7.57. The van der Waals surface area contributed by atoms with Gasteiger partial charge in [-0.15, -0.1) is 11.3 Å². The number of thiazole rings is 1. The first-order valence-corrected chi connectivity index (χ1v) is 14.5. The van der Waals surface area contributed by atoms with Gasteiger partial charge < -0.3 is 14.2 Å². The summed E-state index contributed by atoms with van der Waals surface area (Å²) in [6.45, 7) is 6.30. The number of hydrogen-bond donors (Lipinski definition) is 0. The quantitative estimate of drug-likeness (QED) is 0.233. The molecule has 1 aliphatic heterocycles. The first-order valence-electron chi connectivity index (χ1n) is 13.6. The van der Waals surface area contributed by atoms with Crippen molar-refractivity contribution >= 4 is 28.2 Å². The number of ether oxygens (including phenoxy) is 1. The number of benzene rings is 1. The van der Waals surface area contributed by atoms with E-state index in [4.69, 9.17) is 4.74 Å². The predicted molar refractivity (Wildman–Crippen MR) is 153 cm³/mol. The smallest absolute Gasteiger partial charge is 0.434 e. The predicted octanol–water partition coefficient (Wildman–Crippen LogP) is 6.42. The van der Waals surface area contributed by atoms with Gasteiger partial charge in [0, 0.05) is 46.5 Å². The number of carbonyl (C=O) groups excluding carboxylic acids is 1. The molecule has 0 amide bonds. The lowest BCUT2D eigenvalue weighted by Crippen LogP contribution is -2.30. The number of alkyl halides is 3. The topological polar surface area (TPSA) is 77.3 Å². The average Bonchev–Trinajstić information content (AvgIpc) is 3.45. The fraction of sp³-hybridized carbons (Fsp3) is 0.400. The lowest BCUT2D eigenvalue weighted by atomic mass is 9.93. The summed E-state index contributed by atoms with van der Waals surface area (Å²) in [4.78, 5) is 36.9. The van der Waals surface area contributed by atoms with Gasteiger partial charge in [-0.25, -0.2) is 9.78 Å². The van der Waals surface area contributed by atoms with Gasteiger partial charge in [-0.2, -0.15) is 13.2 Å². The molecule has 7 nitrogen and oxygen atoms in total. The summed E-state index contributed by atoms with van der Waals surface area (Å²) >= 11 is 0.899. The molecule has 4 aromatic rings. The zero-order chi connectivity index (χ0) is 29.3. The highest BCUT2D eigenvalue weighted by Crippen LogP contribution is 2.38. The van der Waals surface area contributed by atoms with Crippen molar-refractivity contribution in [3.63, 3.8) is 0 Å². The van der Waals surface area contributed by atoms with Crippen LogP contribution >= 0.6 is 11.3 Å². The second kappa shape index (κ2) is 11.7. The molecule has 5 rings (SSSR count). The van der Waals surface area contributed by atoms with E-state index in [1.54, 1.807) is 38.4 Å². The Morgan fingerprint density at radius 1 is 1.17 bits per heavy atom. The van der Waals surface area contributed by atoms with Crippen molar-refractivity contribution in [3.05, 3.63) is 69.2 Å². The molecule has 0 spiro atoms. The van der Waals surface area contributed by atoms with Gasteiger partial charge in [-0.3, -0.25) is 9.78 Å². The van der Waals surface area contributed by atoms with Gasteiger partial charge in [-0.1, -0.05) is 6.07 Å². The molecule has 0 atom stereocenters. The highest BCUT2D eigenvalue weighted by Gasteiger charge is 2.34. The molecule has 1 aromatic carbocycles. The number of aromatic nitrogens is 3. The number of carbonyl (C=O) groups is 1. The molecule has 1 fully saturated rings. The lowest BCUT2D eigenvalue weighted by Gasteiger charge is -2.29. The number of piperidine rings is 1. The van der Waals surface area contributed by atoms with Gasteiger partial charge in [0.1, 0.15) is 10.6 Å². The van der Waals surface area contributed by atoms with Crippen LogP contribution in [-0.2, 0) is 17.5 Å². The summed E-state index contributed by atoms with van der Waals surface area (Å²) in [6.07, 6.45) is 1.72. The van der Waals surface area contributed by atoms with Crippen LogP contribution < -0.4 is 5.43 Å². The summed E-state index contributed by atoms with van der Waals surface area (Å²) < 4.78 is 47.0. The fourth-order valence-electron chi connectivity index (χ4n) is 5.27. The van der Waals surface area contributed by atoms with Gasteiger partial charge in [0.05, 0.1) is 12.1 Å². The molecular weight excluding hydrogens is 553 g/mol. The molecule has 216 valence electrons. The molecule has 0 N–H and O–H groups in total. The number of pyridine rings is 2. The zero-order valence-corrected chi connectivity index (χ0v) is 23.9. The van der Waals surface area contributed by atoms with E-state index in [1.807, 2.05) is 16.7 Å². The highest BCUT2D eigenvalue weighted by atomic mass is 32.1. The molecule has 1 aliphatic rings. The normalized spacial score (nSPS) is 15.0. The molecule has 0 saturated carbocycles. The van der Waals surface area contributed by atoms with Crippen molar-refractivity contribution in [1.82, 2.24) is 19.4 Å². The molecule has 0 unspecified atom stereocenters. The number of nitrogens with zero attached hydrogens (tertiary/aromatic N) is 4. The molecule has 0 radical (unpaired) electrons. The molecule has 4 heterocycles. The summed E-state index contributed by atoms with van der Waals surface area (Å²) in [5.41, 5.74) is 1.46. The lowest BCUT2D eigenvalue weighted by molar-refractivity contribution is -0.140. The number of rotatable bonds is 7. The maximum atomic E-state index is 13.6. The number of halogens is 3. The fourth-order valence-corrected chi connectivity index (χ4v) is 6.13. The first kappa shape index (κ1) is 28.9. The Labute approximate surface area is 239 Å². The van der Waals surface area contributed by atoms with Gasteiger partial charge in [-0.05, 0) is 82.9 Å². The minimum absolute atomic E-state index is 0.0446. The van der Waals surface area contributed by atoms with Crippen LogP contribution in [0.15, 0.2) is 46.8 Å². The Bertz CT molecular complexity index is 1640. The van der Waals surface area contributed by atoms with Crippen LogP contribution in [0.5, 0.6) is 0 Å². The number of aryl methyl sites for hydroxylation is 2. The summed E-state index contributed by atoms with van der Waals surface area (Å²) in [5.74, 6) is -0.134. The van der Waals surface area contributed by atoms with Crippen LogP contribution in [-0.4, -0.2) is 52.1 Å². The van der Waals surface area contributed by atoms with E-state index in [0.29, 0.717) is 45.7 Å². The van der Waals surface area contributed by atoms with Crippen LogP contribution in [0, 0.1) is 12.8 Å². The SMILES string of the molecule is CCOC(=O)c1cn(CCC2CCN(C)CC2)c2ccc(-c3cnc(C)cc3-c3nc(C(F)(F)F)cs3)cc2c1=O. The maximum absolute atomic E-state index is 13.6. The highest BCUT2D eigenvalue weighted by molar-refractivity contribution is 7.13. The molecule has 41 heavy (non-hydrogen) atoms. The number of likely N-dealkylation sites (tertiary alicyclic amines) is 1. The van der Waals surface area contributed by atoms with E-state index in [-0.39, 0.29) is 17.2 Å². The van der Waals surface area contributed by atoms with Crippen molar-refractivity contribution in [3.8, 4) is 21.7 Å². The van der Waals surface area contributed by atoms with Crippen LogP contribution in [0.4, 0.5) is 13.2 Å². The molecule has 0 aliphatic carbocycles. The second-order valence-corrected chi connectivity index (χ2v) is 11.3. The van der Waals surface area contributed by atoms with Crippen molar-refractivity contribution in [2.45, 2.75) is 45.8 Å². The largest absolute Gasteiger partial charge is 0.462 e. The maximum Gasteiger partial charge on any atom is 0.434 e. The third kappa shape index (κ3) is 6.20. The number of esters is 1. The Balaban J connectivity index is 1.59. The Morgan fingerprint density at radius 2 is 1.93 bits per heavy atom. The average molecular weight is 585 g/mol. The van der Waals surface area contributed by atoms with Crippen LogP contribution in [0.25, 0.3) is 32.6 Å². The van der Waals surface area contributed by atoms with Crippen LogP contribution in [0.3, 0.4) is 0 Å². The number of fused-ring (bicyclic) bond motifs is 1. The van der Waals surface area contributed by atoms with E-state index in [2.05, 4.69) is 21.9 Å². The standard InChI is InChI=1S/C30H31F3N4O3S/c1-4-40-29(39)24-16-37(12-9-19-7-10-36(3)11-8-19)25-6-5-20(14-22(25)27(24)38)23-15-34-18(2)13-21(23)28-35-26(17-41-28)30(31,32)33/h5-6,13-17,19H,4,7-12H2,1-3H3. The zero-order valence-electron chi connectivity index (χ0n) is 23.1. The Morgan fingerprint density at radius 3 is 2.61 bits per heavy atom. The third-order valence-corrected chi connectivity index (χ3v) is 8.44.